The van der Waals surface area contributed by atoms with Crippen LogP contribution in [0.5, 0.6) is 5.75 Å². The van der Waals surface area contributed by atoms with Crippen molar-refractivity contribution in [1.29, 1.82) is 0 Å². The van der Waals surface area contributed by atoms with Crippen molar-refractivity contribution in [3.63, 3.8) is 0 Å². The molecule has 0 aromatic heterocycles. The Labute approximate surface area is 127 Å². The summed E-state index contributed by atoms with van der Waals surface area (Å²) >= 11 is 0. The number of nitrogens with two attached hydrogens (primary N) is 1. The molecule has 4 nitrogen and oxygen atoms in total. The molecule has 0 aliphatic rings. The summed E-state index contributed by atoms with van der Waals surface area (Å²) in [6, 6.07) is 7.67. The van der Waals surface area contributed by atoms with E-state index in [9.17, 15) is 4.79 Å². The number of carbonyl (C=O) groups is 1. The van der Waals surface area contributed by atoms with Gasteiger partial charge in [0.2, 0.25) is 5.91 Å². The highest BCUT2D eigenvalue weighted by atomic mass is 16.5. The maximum absolute atomic E-state index is 12.4. The first-order valence-electron chi connectivity index (χ1n) is 7.43. The molecule has 0 saturated heterocycles. The van der Waals surface area contributed by atoms with Crippen LogP contribution >= 0.6 is 0 Å². The number of carbonyl (C=O) groups excluding carboxylic acids is 1. The fraction of sp³-hybridized carbons (Fsp3) is 0.471. The minimum absolute atomic E-state index is 0.00789. The SMILES string of the molecule is C=CCOc1ccccc1CNC(=O)C(CC)(CC)CN. The zero-order valence-electron chi connectivity index (χ0n) is 13.0. The second-order valence-electron chi connectivity index (χ2n) is 5.08. The van der Waals surface area contributed by atoms with Crippen molar-refractivity contribution in [3.8, 4) is 5.75 Å². The summed E-state index contributed by atoms with van der Waals surface area (Å²) in [5.74, 6) is 0.776. The van der Waals surface area contributed by atoms with Gasteiger partial charge >= 0.3 is 0 Å². The van der Waals surface area contributed by atoms with Crippen LogP contribution in [0.4, 0.5) is 0 Å². The van der Waals surface area contributed by atoms with Gasteiger partial charge in [0, 0.05) is 18.7 Å². The molecule has 116 valence electrons. The quantitative estimate of drug-likeness (QED) is 0.687. The van der Waals surface area contributed by atoms with E-state index in [-0.39, 0.29) is 5.91 Å². The zero-order valence-corrected chi connectivity index (χ0v) is 13.0. The van der Waals surface area contributed by atoms with Crippen LogP contribution < -0.4 is 15.8 Å². The van der Waals surface area contributed by atoms with Crippen LogP contribution in [0.1, 0.15) is 32.3 Å². The van der Waals surface area contributed by atoms with Gasteiger partial charge in [0.1, 0.15) is 12.4 Å². The highest BCUT2D eigenvalue weighted by Crippen LogP contribution is 2.25. The molecule has 0 unspecified atom stereocenters. The molecule has 0 aliphatic heterocycles. The summed E-state index contributed by atoms with van der Waals surface area (Å²) in [5.41, 5.74) is 6.27. The van der Waals surface area contributed by atoms with Gasteiger partial charge in [-0.3, -0.25) is 4.79 Å². The number of ether oxygens (including phenoxy) is 1. The van der Waals surface area contributed by atoms with Gasteiger partial charge in [-0.25, -0.2) is 0 Å². The third-order valence-electron chi connectivity index (χ3n) is 3.99. The van der Waals surface area contributed by atoms with E-state index in [2.05, 4.69) is 11.9 Å². The van der Waals surface area contributed by atoms with E-state index < -0.39 is 5.41 Å². The van der Waals surface area contributed by atoms with Crippen LogP contribution in [0.25, 0.3) is 0 Å². The standard InChI is InChI=1S/C17H26N2O2/c1-4-11-21-15-10-8-7-9-14(15)12-19-16(20)17(5-2,6-3)13-18/h4,7-10H,1,5-6,11-13,18H2,2-3H3,(H,19,20). The molecule has 1 aromatic rings. The Kier molecular flexibility index (Phi) is 6.96. The normalized spacial score (nSPS) is 11.0. The van der Waals surface area contributed by atoms with Gasteiger partial charge in [-0.15, -0.1) is 0 Å². The first kappa shape index (κ1) is 17.2. The number of hydrogen-bond donors (Lipinski definition) is 2. The first-order valence-corrected chi connectivity index (χ1v) is 7.43. The van der Waals surface area contributed by atoms with E-state index in [0.29, 0.717) is 19.7 Å². The van der Waals surface area contributed by atoms with Gasteiger partial charge in [-0.1, -0.05) is 44.7 Å². The molecule has 0 aliphatic carbocycles. The van der Waals surface area contributed by atoms with E-state index in [1.165, 1.54) is 0 Å². The fourth-order valence-electron chi connectivity index (χ4n) is 2.25. The number of amides is 1. The number of hydrogen-bond acceptors (Lipinski definition) is 3. The maximum atomic E-state index is 12.4. The molecular weight excluding hydrogens is 264 g/mol. The molecule has 3 N–H and O–H groups in total. The van der Waals surface area contributed by atoms with E-state index in [1.54, 1.807) is 6.08 Å². The largest absolute Gasteiger partial charge is 0.489 e. The molecule has 4 heteroatoms. The smallest absolute Gasteiger partial charge is 0.227 e. The molecule has 0 bridgehead atoms. The fourth-order valence-corrected chi connectivity index (χ4v) is 2.25. The number of rotatable bonds is 9. The second kappa shape index (κ2) is 8.47. The van der Waals surface area contributed by atoms with Crippen LogP contribution in [-0.2, 0) is 11.3 Å². The molecule has 0 atom stereocenters. The van der Waals surface area contributed by atoms with Gasteiger partial charge in [-0.05, 0) is 18.9 Å². The molecule has 1 aromatic carbocycles. The van der Waals surface area contributed by atoms with Gasteiger partial charge in [0.05, 0.1) is 5.41 Å². The lowest BCUT2D eigenvalue weighted by molar-refractivity contribution is -0.131. The number of para-hydroxylation sites is 1. The maximum Gasteiger partial charge on any atom is 0.227 e. The molecule has 0 spiro atoms. The minimum Gasteiger partial charge on any atom is -0.489 e. The lowest BCUT2D eigenvalue weighted by Gasteiger charge is -2.28. The van der Waals surface area contributed by atoms with Crippen LogP contribution in [0, 0.1) is 5.41 Å². The Morgan fingerprint density at radius 3 is 2.62 bits per heavy atom. The van der Waals surface area contributed by atoms with Crippen LogP contribution in [0.15, 0.2) is 36.9 Å². The number of nitrogens with one attached hydrogen (secondary N) is 1. The molecule has 1 rings (SSSR count). The van der Waals surface area contributed by atoms with Crippen molar-refractivity contribution in [2.75, 3.05) is 13.2 Å². The predicted molar refractivity (Wildman–Crippen MR) is 86.1 cm³/mol. The van der Waals surface area contributed by atoms with Crippen LogP contribution in [-0.4, -0.2) is 19.1 Å². The summed E-state index contributed by atoms with van der Waals surface area (Å²) in [6.07, 6.45) is 3.17. The summed E-state index contributed by atoms with van der Waals surface area (Å²) < 4.78 is 5.59. The van der Waals surface area contributed by atoms with E-state index in [1.807, 2.05) is 38.1 Å². The molecule has 0 fully saturated rings. The van der Waals surface area contributed by atoms with Crippen molar-refractivity contribution < 1.29 is 9.53 Å². The number of benzene rings is 1. The van der Waals surface area contributed by atoms with Crippen molar-refractivity contribution in [3.05, 3.63) is 42.5 Å². The van der Waals surface area contributed by atoms with E-state index in [0.717, 1.165) is 24.2 Å². The Morgan fingerprint density at radius 1 is 1.38 bits per heavy atom. The molecular formula is C17H26N2O2. The topological polar surface area (TPSA) is 64.3 Å². The summed E-state index contributed by atoms with van der Waals surface area (Å²) in [6.45, 7) is 8.88. The van der Waals surface area contributed by atoms with Crippen LogP contribution in [0.2, 0.25) is 0 Å². The predicted octanol–water partition coefficient (Wildman–Crippen LogP) is 2.63. The molecule has 21 heavy (non-hydrogen) atoms. The summed E-state index contributed by atoms with van der Waals surface area (Å²) in [7, 11) is 0. The lowest BCUT2D eigenvalue weighted by Crippen LogP contribution is -2.45. The summed E-state index contributed by atoms with van der Waals surface area (Å²) in [5, 5.41) is 2.98. The van der Waals surface area contributed by atoms with Gasteiger partial charge < -0.3 is 15.8 Å². The monoisotopic (exact) mass is 290 g/mol. The highest BCUT2D eigenvalue weighted by Gasteiger charge is 2.33. The van der Waals surface area contributed by atoms with Gasteiger partial charge in [0.15, 0.2) is 0 Å². The van der Waals surface area contributed by atoms with Crippen molar-refractivity contribution >= 4 is 5.91 Å². The zero-order chi connectivity index (χ0) is 15.7. The average molecular weight is 290 g/mol. The molecule has 1 amide bonds. The molecule has 0 heterocycles. The van der Waals surface area contributed by atoms with Crippen molar-refractivity contribution in [1.82, 2.24) is 5.32 Å². The third kappa shape index (κ3) is 4.33. The second-order valence-corrected chi connectivity index (χ2v) is 5.08. The lowest BCUT2D eigenvalue weighted by atomic mass is 9.81. The van der Waals surface area contributed by atoms with Crippen molar-refractivity contribution in [2.45, 2.75) is 33.2 Å². The molecule has 0 saturated carbocycles. The minimum atomic E-state index is -0.475. The third-order valence-corrected chi connectivity index (χ3v) is 3.99. The van der Waals surface area contributed by atoms with Crippen molar-refractivity contribution in [2.24, 2.45) is 11.1 Å². The first-order chi connectivity index (χ1) is 10.1. The summed E-state index contributed by atoms with van der Waals surface area (Å²) in [4.78, 5) is 12.4. The van der Waals surface area contributed by atoms with Gasteiger partial charge in [-0.2, -0.15) is 0 Å². The molecule has 0 radical (unpaired) electrons. The Hall–Kier alpha value is -1.81. The van der Waals surface area contributed by atoms with Crippen LogP contribution in [0.3, 0.4) is 0 Å². The van der Waals surface area contributed by atoms with E-state index in [4.69, 9.17) is 10.5 Å². The Balaban J connectivity index is 2.74. The van der Waals surface area contributed by atoms with E-state index >= 15 is 0 Å². The Bertz CT molecular complexity index is 459. The van der Waals surface area contributed by atoms with Gasteiger partial charge in [0.25, 0.3) is 0 Å². The highest BCUT2D eigenvalue weighted by molar-refractivity contribution is 5.82. The average Bonchev–Trinajstić information content (AvgIpc) is 2.53. The Morgan fingerprint density at radius 2 is 2.05 bits per heavy atom.